The van der Waals surface area contributed by atoms with E-state index >= 15 is 0 Å². The number of amides is 2. The van der Waals surface area contributed by atoms with Gasteiger partial charge in [-0.15, -0.1) is 0 Å². The Morgan fingerprint density at radius 2 is 1.54 bits per heavy atom. The average molecular weight is 737 g/mol. The fourth-order valence-corrected chi connectivity index (χ4v) is 7.91. The number of carbonyl (C=O) groups excluding carboxylic acids is 2. The molecule has 0 radical (unpaired) electrons. The third-order valence-corrected chi connectivity index (χ3v) is 11.4. The van der Waals surface area contributed by atoms with Crippen LogP contribution in [-0.4, -0.2) is 50.4 Å². The molecule has 1 N–H and O–H groups in total. The van der Waals surface area contributed by atoms with E-state index in [2.05, 4.69) is 5.32 Å². The molecule has 1 saturated carbocycles. The van der Waals surface area contributed by atoms with Crippen molar-refractivity contribution in [2.75, 3.05) is 17.5 Å². The van der Waals surface area contributed by atoms with Crippen LogP contribution in [0.1, 0.15) is 55.7 Å². The van der Waals surface area contributed by atoms with Crippen molar-refractivity contribution in [3.05, 3.63) is 124 Å². The molecule has 264 valence electrons. The lowest BCUT2D eigenvalue weighted by Gasteiger charge is -2.35. The van der Waals surface area contributed by atoms with Crippen LogP contribution in [0.15, 0.2) is 102 Å². The molecule has 50 heavy (non-hydrogen) atoms. The molecule has 5 rings (SSSR count). The van der Waals surface area contributed by atoms with Crippen molar-refractivity contribution in [3.63, 3.8) is 0 Å². The van der Waals surface area contributed by atoms with Crippen LogP contribution in [0.25, 0.3) is 0 Å². The van der Waals surface area contributed by atoms with Crippen molar-refractivity contribution in [2.45, 2.75) is 75.9 Å². The Bertz CT molecular complexity index is 1850. The van der Waals surface area contributed by atoms with Gasteiger partial charge >= 0.3 is 0 Å². The normalized spacial score (nSPS) is 14.1. The van der Waals surface area contributed by atoms with Crippen LogP contribution in [0.4, 0.5) is 5.69 Å². The summed E-state index contributed by atoms with van der Waals surface area (Å²) in [7, 11) is -4.25. The number of sulfonamides is 1. The van der Waals surface area contributed by atoms with Gasteiger partial charge in [0, 0.05) is 19.0 Å². The maximum atomic E-state index is 14.8. The number of anilines is 1. The van der Waals surface area contributed by atoms with E-state index in [1.54, 1.807) is 54.6 Å². The third-order valence-electron chi connectivity index (χ3n) is 8.88. The smallest absolute Gasteiger partial charge is 0.264 e. The lowest BCUT2D eigenvalue weighted by Crippen LogP contribution is -2.55. The summed E-state index contributed by atoms with van der Waals surface area (Å²) >= 11 is 12.6. The van der Waals surface area contributed by atoms with E-state index in [-0.39, 0.29) is 29.8 Å². The minimum atomic E-state index is -4.25. The van der Waals surface area contributed by atoms with Crippen molar-refractivity contribution in [1.29, 1.82) is 0 Å². The molecule has 1 atom stereocenters. The molecule has 0 spiro atoms. The lowest BCUT2D eigenvalue weighted by atomic mass is 9.94. The van der Waals surface area contributed by atoms with Gasteiger partial charge in [-0.1, -0.05) is 96.6 Å². The standard InChI is InChI=1S/C39H43Cl2N3O5S/c1-3-49-33-19-21-34(22-20-33)50(47,48)44(32-17-14-28(2)15-18-32)27-38(45)43(26-30-16-23-35(40)36(41)24-30)37(25-29-10-6-4-7-11-29)39(46)42-31-12-8-5-9-13-31/h4,6-7,10-11,14-24,31,37H,3,5,8-9,12-13,25-27H2,1-2H3,(H,42,46). The zero-order valence-electron chi connectivity index (χ0n) is 28.4. The summed E-state index contributed by atoms with van der Waals surface area (Å²) in [5, 5.41) is 3.89. The summed E-state index contributed by atoms with van der Waals surface area (Å²) in [4.78, 5) is 30.5. The predicted octanol–water partition coefficient (Wildman–Crippen LogP) is 7.98. The molecule has 11 heteroatoms. The van der Waals surface area contributed by atoms with Crippen LogP contribution in [0.3, 0.4) is 0 Å². The monoisotopic (exact) mass is 735 g/mol. The number of hydrogen-bond acceptors (Lipinski definition) is 5. The van der Waals surface area contributed by atoms with E-state index in [1.165, 1.54) is 17.0 Å². The minimum absolute atomic E-state index is 0.000505. The Morgan fingerprint density at radius 1 is 0.860 bits per heavy atom. The summed E-state index contributed by atoms with van der Waals surface area (Å²) < 4.78 is 35.3. The van der Waals surface area contributed by atoms with Crippen molar-refractivity contribution in [3.8, 4) is 5.75 Å². The van der Waals surface area contributed by atoms with Crippen molar-refractivity contribution >= 4 is 50.7 Å². The second-order valence-corrected chi connectivity index (χ2v) is 15.2. The number of benzene rings is 4. The summed E-state index contributed by atoms with van der Waals surface area (Å²) in [6.07, 6.45) is 5.13. The number of aryl methyl sites for hydroxylation is 1. The first kappa shape index (κ1) is 37.2. The van der Waals surface area contributed by atoms with Crippen LogP contribution in [0.5, 0.6) is 5.75 Å². The summed E-state index contributed by atoms with van der Waals surface area (Å²) in [6.45, 7) is 3.62. The number of ether oxygens (including phenoxy) is 1. The molecule has 0 aliphatic heterocycles. The van der Waals surface area contributed by atoms with Gasteiger partial charge in [-0.3, -0.25) is 13.9 Å². The summed E-state index contributed by atoms with van der Waals surface area (Å²) in [5.41, 5.74) is 2.76. The molecule has 0 bridgehead atoms. The highest BCUT2D eigenvalue weighted by Gasteiger charge is 2.35. The number of nitrogens with zero attached hydrogens (tertiary/aromatic N) is 2. The van der Waals surface area contributed by atoms with Gasteiger partial charge in [0.1, 0.15) is 18.3 Å². The van der Waals surface area contributed by atoms with Crippen LogP contribution >= 0.6 is 23.2 Å². The molecular weight excluding hydrogens is 693 g/mol. The minimum Gasteiger partial charge on any atom is -0.494 e. The maximum Gasteiger partial charge on any atom is 0.264 e. The second-order valence-electron chi connectivity index (χ2n) is 12.6. The van der Waals surface area contributed by atoms with Gasteiger partial charge in [-0.05, 0) is 86.3 Å². The van der Waals surface area contributed by atoms with Gasteiger partial charge in [0.05, 0.1) is 27.2 Å². The molecule has 4 aromatic rings. The van der Waals surface area contributed by atoms with Crippen LogP contribution in [-0.2, 0) is 32.6 Å². The highest BCUT2D eigenvalue weighted by molar-refractivity contribution is 7.92. The number of halogens is 2. The Labute approximate surface area is 305 Å². The fraction of sp³-hybridized carbons (Fsp3) is 0.333. The predicted molar refractivity (Wildman–Crippen MR) is 199 cm³/mol. The second kappa shape index (κ2) is 17.2. The molecule has 1 unspecified atom stereocenters. The first-order valence-corrected chi connectivity index (χ1v) is 19.1. The number of nitrogens with one attached hydrogen (secondary N) is 1. The van der Waals surface area contributed by atoms with Gasteiger partial charge in [-0.2, -0.15) is 0 Å². The van der Waals surface area contributed by atoms with E-state index in [0.717, 1.165) is 47.5 Å². The van der Waals surface area contributed by atoms with Gasteiger partial charge in [0.25, 0.3) is 10.0 Å². The van der Waals surface area contributed by atoms with Gasteiger partial charge in [0.15, 0.2) is 0 Å². The lowest BCUT2D eigenvalue weighted by molar-refractivity contribution is -0.140. The van der Waals surface area contributed by atoms with E-state index in [0.29, 0.717) is 33.7 Å². The Kier molecular flexibility index (Phi) is 12.8. The molecule has 2 amide bonds. The highest BCUT2D eigenvalue weighted by atomic mass is 35.5. The molecule has 0 saturated heterocycles. The molecule has 0 aromatic heterocycles. The number of rotatable bonds is 14. The Balaban J connectivity index is 1.56. The zero-order valence-corrected chi connectivity index (χ0v) is 30.7. The van der Waals surface area contributed by atoms with Crippen molar-refractivity contribution in [2.24, 2.45) is 0 Å². The molecule has 1 aliphatic carbocycles. The molecule has 0 heterocycles. The van der Waals surface area contributed by atoms with E-state index < -0.39 is 28.5 Å². The summed E-state index contributed by atoms with van der Waals surface area (Å²) in [6, 6.07) is 26.7. The quantitative estimate of drug-likeness (QED) is 0.142. The van der Waals surface area contributed by atoms with E-state index in [9.17, 15) is 18.0 Å². The maximum absolute atomic E-state index is 14.8. The van der Waals surface area contributed by atoms with Crippen molar-refractivity contribution < 1.29 is 22.7 Å². The van der Waals surface area contributed by atoms with E-state index in [4.69, 9.17) is 27.9 Å². The summed E-state index contributed by atoms with van der Waals surface area (Å²) in [5.74, 6) is -0.304. The van der Waals surface area contributed by atoms with Crippen molar-refractivity contribution in [1.82, 2.24) is 10.2 Å². The van der Waals surface area contributed by atoms with Gasteiger partial charge in [-0.25, -0.2) is 8.42 Å². The molecular formula is C39H43Cl2N3O5S. The van der Waals surface area contributed by atoms with E-state index in [1.807, 2.05) is 44.2 Å². The number of hydrogen-bond donors (Lipinski definition) is 1. The Hall–Kier alpha value is -4.05. The van der Waals surface area contributed by atoms with Crippen LogP contribution in [0, 0.1) is 6.92 Å². The molecule has 4 aromatic carbocycles. The van der Waals surface area contributed by atoms with Crippen LogP contribution in [0.2, 0.25) is 10.0 Å². The molecule has 1 aliphatic rings. The SMILES string of the molecule is CCOc1ccc(S(=O)(=O)N(CC(=O)N(Cc2ccc(Cl)c(Cl)c2)C(Cc2ccccc2)C(=O)NC2CCCCC2)c2ccc(C)cc2)cc1. The first-order chi connectivity index (χ1) is 24.0. The average Bonchev–Trinajstić information content (AvgIpc) is 3.12. The first-order valence-electron chi connectivity index (χ1n) is 16.9. The fourth-order valence-electron chi connectivity index (χ4n) is 6.17. The van der Waals surface area contributed by atoms with Gasteiger partial charge < -0.3 is 15.0 Å². The highest BCUT2D eigenvalue weighted by Crippen LogP contribution is 2.28. The largest absolute Gasteiger partial charge is 0.494 e. The molecule has 8 nitrogen and oxygen atoms in total. The Morgan fingerprint density at radius 3 is 2.18 bits per heavy atom. The topological polar surface area (TPSA) is 96.0 Å². The van der Waals surface area contributed by atoms with Gasteiger partial charge in [0.2, 0.25) is 11.8 Å². The zero-order chi connectivity index (χ0) is 35.7. The molecule has 1 fully saturated rings. The van der Waals surface area contributed by atoms with Crippen LogP contribution < -0.4 is 14.4 Å². The number of carbonyl (C=O) groups is 2. The third kappa shape index (κ3) is 9.59.